The Morgan fingerprint density at radius 2 is 2.10 bits per heavy atom. The van der Waals surface area contributed by atoms with E-state index in [2.05, 4.69) is 12.2 Å². The summed E-state index contributed by atoms with van der Waals surface area (Å²) < 4.78 is 0. The van der Waals surface area contributed by atoms with Crippen molar-refractivity contribution in [2.75, 3.05) is 12.4 Å². The lowest BCUT2D eigenvalue weighted by Crippen LogP contribution is -2.38. The van der Waals surface area contributed by atoms with E-state index in [-0.39, 0.29) is 22.7 Å². The summed E-state index contributed by atoms with van der Waals surface area (Å²) >= 11 is 5.85. The first kappa shape index (κ1) is 16.3. The van der Waals surface area contributed by atoms with Crippen LogP contribution < -0.4 is 5.32 Å². The monoisotopic (exact) mass is 298 g/mol. The Bertz CT molecular complexity index is 505. The highest BCUT2D eigenvalue weighted by Crippen LogP contribution is 2.21. The van der Waals surface area contributed by atoms with Crippen molar-refractivity contribution in [1.29, 1.82) is 0 Å². The first-order valence-electron chi connectivity index (χ1n) is 6.43. The number of anilines is 1. The van der Waals surface area contributed by atoms with Gasteiger partial charge in [0.05, 0.1) is 10.6 Å². The van der Waals surface area contributed by atoms with Gasteiger partial charge in [0.25, 0.3) is 0 Å². The molecule has 0 bridgehead atoms. The van der Waals surface area contributed by atoms with Gasteiger partial charge in [0.2, 0.25) is 0 Å². The highest BCUT2D eigenvalue weighted by molar-refractivity contribution is 6.33. The van der Waals surface area contributed by atoms with Gasteiger partial charge in [0.1, 0.15) is 0 Å². The van der Waals surface area contributed by atoms with Gasteiger partial charge in [-0.15, -0.1) is 0 Å². The number of rotatable bonds is 5. The highest BCUT2D eigenvalue weighted by atomic mass is 35.5. The summed E-state index contributed by atoms with van der Waals surface area (Å²) in [6, 6.07) is 4.21. The maximum atomic E-state index is 12.0. The second kappa shape index (κ2) is 7.14. The number of halogens is 1. The number of nitrogens with one attached hydrogen (secondary N) is 1. The minimum Gasteiger partial charge on any atom is -0.478 e. The molecule has 5 nitrogen and oxygen atoms in total. The van der Waals surface area contributed by atoms with E-state index in [9.17, 15) is 9.59 Å². The van der Waals surface area contributed by atoms with Crippen molar-refractivity contribution >= 4 is 29.3 Å². The number of urea groups is 1. The molecule has 1 rings (SSSR count). The molecule has 0 radical (unpaired) electrons. The molecular formula is C14H19ClN2O3. The van der Waals surface area contributed by atoms with Gasteiger partial charge in [0, 0.05) is 18.8 Å². The second-order valence-electron chi connectivity index (χ2n) is 4.68. The van der Waals surface area contributed by atoms with Crippen LogP contribution in [0.25, 0.3) is 0 Å². The van der Waals surface area contributed by atoms with E-state index in [1.165, 1.54) is 18.2 Å². The minimum absolute atomic E-state index is 0.0115. The third-order valence-corrected chi connectivity index (χ3v) is 3.45. The van der Waals surface area contributed by atoms with Gasteiger partial charge in [-0.2, -0.15) is 0 Å². The smallest absolute Gasteiger partial charge is 0.337 e. The minimum atomic E-state index is -1.10. The third-order valence-electron chi connectivity index (χ3n) is 3.14. The zero-order valence-corrected chi connectivity index (χ0v) is 12.6. The molecule has 6 heteroatoms. The fourth-order valence-corrected chi connectivity index (χ4v) is 2.05. The van der Waals surface area contributed by atoms with Crippen LogP contribution in [-0.2, 0) is 0 Å². The molecule has 0 fully saturated rings. The molecule has 1 aromatic carbocycles. The summed E-state index contributed by atoms with van der Waals surface area (Å²) in [5.74, 6) is -1.10. The summed E-state index contributed by atoms with van der Waals surface area (Å²) in [6.07, 6.45) is 1.92. The summed E-state index contributed by atoms with van der Waals surface area (Å²) in [5.41, 5.74) is 0.484. The lowest BCUT2D eigenvalue weighted by atomic mass is 10.2. The van der Waals surface area contributed by atoms with Crippen molar-refractivity contribution in [3.63, 3.8) is 0 Å². The number of benzene rings is 1. The van der Waals surface area contributed by atoms with Crippen LogP contribution in [0.4, 0.5) is 10.5 Å². The fourth-order valence-electron chi connectivity index (χ4n) is 1.79. The highest BCUT2D eigenvalue weighted by Gasteiger charge is 2.16. The van der Waals surface area contributed by atoms with E-state index in [0.29, 0.717) is 5.69 Å². The maximum absolute atomic E-state index is 12.0. The van der Waals surface area contributed by atoms with E-state index in [1.807, 2.05) is 6.92 Å². The molecule has 0 spiro atoms. The first-order valence-corrected chi connectivity index (χ1v) is 6.81. The van der Waals surface area contributed by atoms with Crippen molar-refractivity contribution < 1.29 is 14.7 Å². The molecule has 0 aliphatic carbocycles. The Morgan fingerprint density at radius 1 is 1.45 bits per heavy atom. The van der Waals surface area contributed by atoms with Crippen molar-refractivity contribution in [1.82, 2.24) is 4.90 Å². The zero-order chi connectivity index (χ0) is 15.3. The number of nitrogens with zero attached hydrogens (tertiary/aromatic N) is 1. The molecule has 2 N–H and O–H groups in total. The van der Waals surface area contributed by atoms with Gasteiger partial charge in [-0.1, -0.05) is 24.9 Å². The van der Waals surface area contributed by atoms with Gasteiger partial charge >= 0.3 is 12.0 Å². The molecule has 0 saturated heterocycles. The Labute approximate surface area is 123 Å². The number of carbonyl (C=O) groups is 2. The van der Waals surface area contributed by atoms with E-state index >= 15 is 0 Å². The van der Waals surface area contributed by atoms with Crippen LogP contribution >= 0.6 is 11.6 Å². The Morgan fingerprint density at radius 3 is 2.60 bits per heavy atom. The Hall–Kier alpha value is -1.75. The van der Waals surface area contributed by atoms with E-state index in [0.717, 1.165) is 12.8 Å². The molecule has 2 amide bonds. The Kier molecular flexibility index (Phi) is 5.82. The number of aromatic carboxylic acids is 1. The van der Waals surface area contributed by atoms with Gasteiger partial charge in [-0.3, -0.25) is 0 Å². The van der Waals surface area contributed by atoms with Crippen molar-refractivity contribution in [2.24, 2.45) is 0 Å². The third kappa shape index (κ3) is 4.13. The van der Waals surface area contributed by atoms with Gasteiger partial charge < -0.3 is 15.3 Å². The van der Waals surface area contributed by atoms with Crippen LogP contribution in [0.15, 0.2) is 18.2 Å². The van der Waals surface area contributed by atoms with Crippen LogP contribution in [-0.4, -0.2) is 35.1 Å². The molecule has 0 saturated carbocycles. The van der Waals surface area contributed by atoms with E-state index in [1.54, 1.807) is 11.9 Å². The van der Waals surface area contributed by atoms with Crippen LogP contribution in [0, 0.1) is 0 Å². The second-order valence-corrected chi connectivity index (χ2v) is 5.09. The summed E-state index contributed by atoms with van der Waals surface area (Å²) in [5, 5.41) is 11.7. The number of carbonyl (C=O) groups excluding carboxylic acids is 1. The van der Waals surface area contributed by atoms with Crippen LogP contribution in [0.5, 0.6) is 0 Å². The molecule has 0 aliphatic rings. The molecule has 1 aromatic rings. The van der Waals surface area contributed by atoms with Crippen LogP contribution in [0.2, 0.25) is 5.02 Å². The number of amides is 2. The van der Waals surface area contributed by atoms with Crippen molar-refractivity contribution in [3.05, 3.63) is 28.8 Å². The number of carboxylic acid groups (broad SMARTS) is 1. The largest absolute Gasteiger partial charge is 0.478 e. The lowest BCUT2D eigenvalue weighted by molar-refractivity contribution is 0.0697. The molecule has 0 heterocycles. The van der Waals surface area contributed by atoms with Crippen molar-refractivity contribution in [3.8, 4) is 0 Å². The fraction of sp³-hybridized carbons (Fsp3) is 0.429. The lowest BCUT2D eigenvalue weighted by Gasteiger charge is -2.25. The van der Waals surface area contributed by atoms with Gasteiger partial charge in [-0.25, -0.2) is 9.59 Å². The van der Waals surface area contributed by atoms with E-state index < -0.39 is 5.97 Å². The molecule has 20 heavy (non-hydrogen) atoms. The maximum Gasteiger partial charge on any atom is 0.337 e. The van der Waals surface area contributed by atoms with E-state index in [4.69, 9.17) is 16.7 Å². The number of hydrogen-bond acceptors (Lipinski definition) is 2. The molecular weight excluding hydrogens is 280 g/mol. The van der Waals surface area contributed by atoms with Gasteiger partial charge in [-0.05, 0) is 31.5 Å². The first-order chi connectivity index (χ1) is 9.36. The predicted octanol–water partition coefficient (Wildman–Crippen LogP) is 3.69. The number of hydrogen-bond donors (Lipinski definition) is 2. The topological polar surface area (TPSA) is 69.6 Å². The zero-order valence-electron chi connectivity index (χ0n) is 11.8. The SMILES string of the molecule is CCCC(C)N(C)C(=O)Nc1ccc(C(=O)O)c(Cl)c1. The normalized spacial score (nSPS) is 11.8. The molecule has 110 valence electrons. The standard InChI is InChI=1S/C14H19ClN2O3/c1-4-5-9(2)17(3)14(20)16-10-6-7-11(13(18)19)12(15)8-10/h6-9H,4-5H2,1-3H3,(H,16,20)(H,18,19). The van der Waals surface area contributed by atoms with Crippen molar-refractivity contribution in [2.45, 2.75) is 32.7 Å². The van der Waals surface area contributed by atoms with Crippen LogP contribution in [0.1, 0.15) is 37.0 Å². The molecule has 1 unspecified atom stereocenters. The molecule has 1 atom stereocenters. The summed E-state index contributed by atoms with van der Waals surface area (Å²) in [4.78, 5) is 24.5. The van der Waals surface area contributed by atoms with Crippen LogP contribution in [0.3, 0.4) is 0 Å². The average molecular weight is 299 g/mol. The predicted molar refractivity (Wildman–Crippen MR) is 79.6 cm³/mol. The Balaban J connectivity index is 2.76. The molecule has 0 aromatic heterocycles. The number of carboxylic acids is 1. The van der Waals surface area contributed by atoms with Gasteiger partial charge in [0.15, 0.2) is 0 Å². The summed E-state index contributed by atoms with van der Waals surface area (Å²) in [7, 11) is 1.73. The quantitative estimate of drug-likeness (QED) is 0.871. The molecule has 0 aliphatic heterocycles. The average Bonchev–Trinajstić information content (AvgIpc) is 2.37. The summed E-state index contributed by atoms with van der Waals surface area (Å²) in [6.45, 7) is 4.04.